The zero-order valence-corrected chi connectivity index (χ0v) is 14.9. The van der Waals surface area contributed by atoms with Gasteiger partial charge in [-0.1, -0.05) is 13.8 Å². The summed E-state index contributed by atoms with van der Waals surface area (Å²) in [5.41, 5.74) is -0.330. The molecule has 2 amide bonds. The minimum Gasteiger partial charge on any atom is -0.464 e. The number of rotatable bonds is 3. The number of urea groups is 1. The standard InChI is InChI=1S/C18H24N4O3/c1-4-13-5-6-15(25-13)14-11-12(2)7-9-22(14)18(24)20-16-17(23)21(3)10-8-19-16/h5-6,8,10,12,14H,4,7,9,11H2,1-3H3,(H,19,20,24). The molecule has 2 atom stereocenters. The van der Waals surface area contributed by atoms with Gasteiger partial charge in [-0.25, -0.2) is 9.78 Å². The van der Waals surface area contributed by atoms with Gasteiger partial charge in [0.05, 0.1) is 6.04 Å². The van der Waals surface area contributed by atoms with Crippen molar-refractivity contribution in [3.8, 4) is 0 Å². The predicted octanol–water partition coefficient (Wildman–Crippen LogP) is 2.94. The summed E-state index contributed by atoms with van der Waals surface area (Å²) in [6.07, 6.45) is 5.62. The third-order valence-electron chi connectivity index (χ3n) is 4.73. The molecular formula is C18H24N4O3. The van der Waals surface area contributed by atoms with E-state index in [1.807, 2.05) is 19.1 Å². The molecule has 1 aliphatic rings. The number of piperidine rings is 1. The van der Waals surface area contributed by atoms with Crippen molar-refractivity contribution in [1.82, 2.24) is 14.5 Å². The van der Waals surface area contributed by atoms with Gasteiger partial charge in [0.25, 0.3) is 5.56 Å². The fourth-order valence-corrected chi connectivity index (χ4v) is 3.17. The van der Waals surface area contributed by atoms with Crippen LogP contribution in [0.2, 0.25) is 0 Å². The first kappa shape index (κ1) is 17.3. The molecule has 1 aliphatic heterocycles. The van der Waals surface area contributed by atoms with Crippen LogP contribution in [0.5, 0.6) is 0 Å². The summed E-state index contributed by atoms with van der Waals surface area (Å²) >= 11 is 0. The van der Waals surface area contributed by atoms with Gasteiger partial charge in [-0.05, 0) is 30.9 Å². The topological polar surface area (TPSA) is 80.4 Å². The number of aryl methyl sites for hydroxylation is 2. The Morgan fingerprint density at radius 2 is 2.24 bits per heavy atom. The van der Waals surface area contributed by atoms with Crippen LogP contribution >= 0.6 is 0 Å². The Hall–Kier alpha value is -2.57. The number of likely N-dealkylation sites (tertiary alicyclic amines) is 1. The first-order chi connectivity index (χ1) is 12.0. The number of nitrogens with one attached hydrogen (secondary N) is 1. The van der Waals surface area contributed by atoms with Crippen molar-refractivity contribution in [2.45, 2.75) is 39.2 Å². The van der Waals surface area contributed by atoms with Crippen LogP contribution in [0.1, 0.15) is 44.3 Å². The number of hydrogen-bond acceptors (Lipinski definition) is 4. The largest absolute Gasteiger partial charge is 0.464 e. The number of carbonyl (C=O) groups excluding carboxylic acids is 1. The van der Waals surface area contributed by atoms with Gasteiger partial charge in [-0.2, -0.15) is 0 Å². The van der Waals surface area contributed by atoms with E-state index in [-0.39, 0.29) is 23.5 Å². The Bertz CT molecular complexity index is 811. The van der Waals surface area contributed by atoms with E-state index < -0.39 is 0 Å². The Kier molecular flexibility index (Phi) is 4.92. The average molecular weight is 344 g/mol. The Balaban J connectivity index is 1.83. The van der Waals surface area contributed by atoms with Crippen molar-refractivity contribution in [3.05, 3.63) is 46.4 Å². The quantitative estimate of drug-likeness (QED) is 0.928. The number of aromatic nitrogens is 2. The zero-order valence-electron chi connectivity index (χ0n) is 14.9. The highest BCUT2D eigenvalue weighted by atomic mass is 16.3. The van der Waals surface area contributed by atoms with E-state index in [2.05, 4.69) is 17.2 Å². The Morgan fingerprint density at radius 3 is 2.96 bits per heavy atom. The molecule has 0 aliphatic carbocycles. The molecule has 3 heterocycles. The molecule has 3 rings (SSSR count). The highest BCUT2D eigenvalue weighted by Crippen LogP contribution is 2.35. The van der Waals surface area contributed by atoms with Gasteiger partial charge >= 0.3 is 6.03 Å². The van der Waals surface area contributed by atoms with E-state index in [9.17, 15) is 9.59 Å². The Labute approximate surface area is 146 Å². The molecule has 1 saturated heterocycles. The van der Waals surface area contributed by atoms with Crippen LogP contribution in [0.3, 0.4) is 0 Å². The summed E-state index contributed by atoms with van der Waals surface area (Å²) in [7, 11) is 1.63. The lowest BCUT2D eigenvalue weighted by molar-refractivity contribution is 0.128. The van der Waals surface area contributed by atoms with E-state index in [0.717, 1.165) is 30.8 Å². The van der Waals surface area contributed by atoms with Crippen LogP contribution in [0, 0.1) is 5.92 Å². The number of anilines is 1. The van der Waals surface area contributed by atoms with Gasteiger partial charge in [-0.3, -0.25) is 10.1 Å². The molecule has 25 heavy (non-hydrogen) atoms. The van der Waals surface area contributed by atoms with Gasteiger partial charge in [0, 0.05) is 32.4 Å². The van der Waals surface area contributed by atoms with Crippen LogP contribution in [0.4, 0.5) is 10.6 Å². The predicted molar refractivity (Wildman–Crippen MR) is 94.4 cm³/mol. The van der Waals surface area contributed by atoms with Crippen LogP contribution in [0.25, 0.3) is 0 Å². The third-order valence-corrected chi connectivity index (χ3v) is 4.73. The van der Waals surface area contributed by atoms with Gasteiger partial charge in [0.2, 0.25) is 5.82 Å². The van der Waals surface area contributed by atoms with E-state index in [4.69, 9.17) is 4.42 Å². The minimum atomic E-state index is -0.330. The number of furan rings is 1. The highest BCUT2D eigenvalue weighted by molar-refractivity contribution is 5.88. The van der Waals surface area contributed by atoms with Crippen molar-refractivity contribution in [2.75, 3.05) is 11.9 Å². The van der Waals surface area contributed by atoms with E-state index in [0.29, 0.717) is 12.5 Å². The number of carbonyl (C=O) groups is 1. The Morgan fingerprint density at radius 1 is 1.44 bits per heavy atom. The summed E-state index contributed by atoms with van der Waals surface area (Å²) in [6, 6.07) is 3.46. The second kappa shape index (κ2) is 7.13. The number of nitrogens with zero attached hydrogens (tertiary/aromatic N) is 3. The molecule has 2 unspecified atom stereocenters. The van der Waals surface area contributed by atoms with Crippen LogP contribution in [-0.2, 0) is 13.5 Å². The first-order valence-electron chi connectivity index (χ1n) is 8.67. The van der Waals surface area contributed by atoms with Crippen molar-refractivity contribution in [3.63, 3.8) is 0 Å². The molecule has 7 heteroatoms. The minimum absolute atomic E-state index is 0.0427. The SMILES string of the molecule is CCc1ccc(C2CC(C)CCN2C(=O)Nc2nccn(C)c2=O)o1. The van der Waals surface area contributed by atoms with E-state index >= 15 is 0 Å². The molecule has 7 nitrogen and oxygen atoms in total. The molecule has 0 spiro atoms. The highest BCUT2D eigenvalue weighted by Gasteiger charge is 2.33. The molecule has 2 aromatic heterocycles. The molecule has 0 bridgehead atoms. The van der Waals surface area contributed by atoms with Crippen LogP contribution in [0.15, 0.2) is 33.7 Å². The monoisotopic (exact) mass is 344 g/mol. The molecule has 0 aromatic carbocycles. The smallest absolute Gasteiger partial charge is 0.323 e. The zero-order chi connectivity index (χ0) is 18.0. The summed E-state index contributed by atoms with van der Waals surface area (Å²) in [4.78, 5) is 30.6. The van der Waals surface area contributed by atoms with Crippen molar-refractivity contribution in [1.29, 1.82) is 0 Å². The lowest BCUT2D eigenvalue weighted by Crippen LogP contribution is -2.43. The molecular weight excluding hydrogens is 320 g/mol. The fraction of sp³-hybridized carbons (Fsp3) is 0.500. The average Bonchev–Trinajstić information content (AvgIpc) is 3.08. The first-order valence-corrected chi connectivity index (χ1v) is 8.67. The fourth-order valence-electron chi connectivity index (χ4n) is 3.17. The molecule has 1 fully saturated rings. The van der Waals surface area contributed by atoms with Crippen molar-refractivity contribution in [2.24, 2.45) is 13.0 Å². The number of hydrogen-bond donors (Lipinski definition) is 1. The molecule has 0 radical (unpaired) electrons. The second-order valence-electron chi connectivity index (χ2n) is 6.62. The maximum atomic E-state index is 12.8. The summed E-state index contributed by atoms with van der Waals surface area (Å²) in [5, 5.41) is 2.66. The van der Waals surface area contributed by atoms with E-state index in [1.165, 1.54) is 10.8 Å². The van der Waals surface area contributed by atoms with Crippen LogP contribution in [-0.4, -0.2) is 27.0 Å². The molecule has 1 N–H and O–H groups in total. The summed E-state index contributed by atoms with van der Waals surface area (Å²) in [6.45, 7) is 4.83. The van der Waals surface area contributed by atoms with Crippen molar-refractivity contribution >= 4 is 11.8 Å². The van der Waals surface area contributed by atoms with Gasteiger partial charge in [0.15, 0.2) is 0 Å². The summed E-state index contributed by atoms with van der Waals surface area (Å²) in [5.74, 6) is 2.26. The molecule has 2 aromatic rings. The molecule has 0 saturated carbocycles. The second-order valence-corrected chi connectivity index (χ2v) is 6.62. The lowest BCUT2D eigenvalue weighted by atomic mass is 9.91. The van der Waals surface area contributed by atoms with Gasteiger partial charge in [0.1, 0.15) is 11.5 Å². The van der Waals surface area contributed by atoms with Crippen LogP contribution < -0.4 is 10.9 Å². The van der Waals surface area contributed by atoms with Crippen molar-refractivity contribution < 1.29 is 9.21 Å². The lowest BCUT2D eigenvalue weighted by Gasteiger charge is -2.37. The molecule has 134 valence electrons. The number of amides is 2. The third kappa shape index (κ3) is 3.60. The summed E-state index contributed by atoms with van der Waals surface area (Å²) < 4.78 is 7.28. The van der Waals surface area contributed by atoms with Gasteiger partial charge < -0.3 is 13.9 Å². The van der Waals surface area contributed by atoms with Gasteiger partial charge in [-0.15, -0.1) is 0 Å². The maximum Gasteiger partial charge on any atom is 0.323 e. The maximum absolute atomic E-state index is 12.8. The van der Waals surface area contributed by atoms with E-state index in [1.54, 1.807) is 18.1 Å². The normalized spacial score (nSPS) is 20.5.